The lowest BCUT2D eigenvalue weighted by atomic mass is 9.98. The fourth-order valence-corrected chi connectivity index (χ4v) is 3.58. The second kappa shape index (κ2) is 7.60. The number of nitrogen functional groups attached to an aromatic ring is 1. The number of benzene rings is 3. The van der Waals surface area contributed by atoms with Gasteiger partial charge < -0.3 is 11.1 Å². The number of nitrogens with two attached hydrogens (primary N) is 1. The van der Waals surface area contributed by atoms with Gasteiger partial charge in [-0.15, -0.1) is 0 Å². The highest BCUT2D eigenvalue weighted by atomic mass is 79.9. The number of hydrogen-bond acceptors (Lipinski definition) is 4. The maximum atomic E-state index is 5.93. The first kappa shape index (κ1) is 18.4. The van der Waals surface area contributed by atoms with Gasteiger partial charge in [0.25, 0.3) is 0 Å². The number of halogens is 1. The highest BCUT2D eigenvalue weighted by Gasteiger charge is 2.09. The quantitative estimate of drug-likeness (QED) is 0.385. The van der Waals surface area contributed by atoms with E-state index in [2.05, 4.69) is 81.5 Å². The number of nitrogens with zero attached hydrogens (tertiary/aromatic N) is 2. The van der Waals surface area contributed by atoms with Crippen molar-refractivity contribution >= 4 is 44.3 Å². The molecule has 1 heterocycles. The van der Waals surface area contributed by atoms with Gasteiger partial charge >= 0.3 is 0 Å². The third-order valence-electron chi connectivity index (χ3n) is 4.71. The highest BCUT2D eigenvalue weighted by Crippen LogP contribution is 2.30. The summed E-state index contributed by atoms with van der Waals surface area (Å²) in [4.78, 5) is 8.82. The Hall–Kier alpha value is -2.92. The zero-order valence-electron chi connectivity index (χ0n) is 15.8. The van der Waals surface area contributed by atoms with E-state index in [4.69, 9.17) is 5.73 Å². The van der Waals surface area contributed by atoms with Gasteiger partial charge in [0.15, 0.2) is 0 Å². The van der Waals surface area contributed by atoms with E-state index in [0.29, 0.717) is 11.7 Å². The number of hydrogen-bond donors (Lipinski definition) is 2. The zero-order chi connectivity index (χ0) is 19.7. The van der Waals surface area contributed by atoms with E-state index in [1.807, 2.05) is 30.3 Å². The molecule has 0 radical (unpaired) electrons. The predicted molar refractivity (Wildman–Crippen MR) is 121 cm³/mol. The van der Waals surface area contributed by atoms with Crippen molar-refractivity contribution in [1.82, 2.24) is 9.97 Å². The lowest BCUT2D eigenvalue weighted by Crippen LogP contribution is -2.01. The van der Waals surface area contributed by atoms with Crippen LogP contribution in [-0.4, -0.2) is 9.97 Å². The largest absolute Gasteiger partial charge is 0.368 e. The Morgan fingerprint density at radius 3 is 2.36 bits per heavy atom. The number of rotatable bonds is 4. The summed E-state index contributed by atoms with van der Waals surface area (Å²) in [6.07, 6.45) is 0. The van der Waals surface area contributed by atoms with Gasteiger partial charge in [0.05, 0.1) is 5.52 Å². The molecule has 0 aliphatic heterocycles. The fourth-order valence-electron chi connectivity index (χ4n) is 3.18. The van der Waals surface area contributed by atoms with Crippen molar-refractivity contribution in [2.75, 3.05) is 11.1 Å². The Morgan fingerprint density at radius 2 is 1.64 bits per heavy atom. The van der Waals surface area contributed by atoms with Gasteiger partial charge in [0.2, 0.25) is 5.95 Å². The van der Waals surface area contributed by atoms with Crippen LogP contribution >= 0.6 is 15.9 Å². The van der Waals surface area contributed by atoms with Gasteiger partial charge in [0.1, 0.15) is 5.82 Å². The van der Waals surface area contributed by atoms with Crippen molar-refractivity contribution in [3.05, 3.63) is 76.8 Å². The van der Waals surface area contributed by atoms with Crippen LogP contribution in [0, 0.1) is 0 Å². The standard InChI is InChI=1S/C23H21BrN4/c1-14(2)15-6-8-16(9-7-15)17-10-11-21-20(12-17)22(28-23(25)27-21)26-19-5-3-4-18(24)13-19/h3-14H,1-2H3,(H3,25,26,27,28). The van der Waals surface area contributed by atoms with Gasteiger partial charge in [0, 0.05) is 15.5 Å². The van der Waals surface area contributed by atoms with Crippen molar-refractivity contribution in [2.45, 2.75) is 19.8 Å². The molecule has 140 valence electrons. The van der Waals surface area contributed by atoms with E-state index in [-0.39, 0.29) is 5.95 Å². The van der Waals surface area contributed by atoms with Crippen LogP contribution in [-0.2, 0) is 0 Å². The minimum absolute atomic E-state index is 0.249. The van der Waals surface area contributed by atoms with Crippen molar-refractivity contribution < 1.29 is 0 Å². The summed E-state index contributed by atoms with van der Waals surface area (Å²) in [6.45, 7) is 4.40. The number of anilines is 3. The van der Waals surface area contributed by atoms with Crippen molar-refractivity contribution in [1.29, 1.82) is 0 Å². The number of nitrogens with one attached hydrogen (secondary N) is 1. The maximum Gasteiger partial charge on any atom is 0.222 e. The number of fused-ring (bicyclic) bond motifs is 1. The molecule has 1 aromatic heterocycles. The van der Waals surface area contributed by atoms with Crippen LogP contribution in [0.25, 0.3) is 22.0 Å². The molecule has 0 bridgehead atoms. The van der Waals surface area contributed by atoms with Crippen LogP contribution in [0.2, 0.25) is 0 Å². The first-order valence-electron chi connectivity index (χ1n) is 9.20. The third kappa shape index (κ3) is 3.85. The van der Waals surface area contributed by atoms with Gasteiger partial charge in [-0.2, -0.15) is 4.98 Å². The molecule has 0 unspecified atom stereocenters. The van der Waals surface area contributed by atoms with E-state index in [1.165, 1.54) is 5.56 Å². The summed E-state index contributed by atoms with van der Waals surface area (Å²) in [5.74, 6) is 1.46. The summed E-state index contributed by atoms with van der Waals surface area (Å²) in [5, 5.41) is 4.30. The molecular weight excluding hydrogens is 412 g/mol. The van der Waals surface area contributed by atoms with E-state index in [1.54, 1.807) is 0 Å². The summed E-state index contributed by atoms with van der Waals surface area (Å²) < 4.78 is 0.995. The maximum absolute atomic E-state index is 5.93. The SMILES string of the molecule is CC(C)c1ccc(-c2ccc3nc(N)nc(Nc4cccc(Br)c4)c3c2)cc1. The van der Waals surface area contributed by atoms with Crippen molar-refractivity contribution in [3.8, 4) is 11.1 Å². The first-order chi connectivity index (χ1) is 13.5. The van der Waals surface area contributed by atoms with E-state index in [0.717, 1.165) is 32.2 Å². The molecule has 0 atom stereocenters. The summed E-state index contributed by atoms with van der Waals surface area (Å²) in [6, 6.07) is 22.8. The average Bonchev–Trinajstić information content (AvgIpc) is 2.68. The molecule has 0 saturated heterocycles. The smallest absolute Gasteiger partial charge is 0.222 e. The van der Waals surface area contributed by atoms with Crippen LogP contribution in [0.15, 0.2) is 71.2 Å². The Morgan fingerprint density at radius 1 is 0.893 bits per heavy atom. The van der Waals surface area contributed by atoms with E-state index < -0.39 is 0 Å². The Kier molecular flexibility index (Phi) is 5.01. The van der Waals surface area contributed by atoms with Crippen LogP contribution in [0.1, 0.15) is 25.3 Å². The molecule has 4 aromatic rings. The lowest BCUT2D eigenvalue weighted by Gasteiger charge is -2.12. The Bertz CT molecular complexity index is 1140. The molecular formula is C23H21BrN4. The predicted octanol–water partition coefficient (Wildman–Crippen LogP) is 6.51. The van der Waals surface area contributed by atoms with Gasteiger partial charge in [-0.3, -0.25) is 0 Å². The number of aromatic nitrogens is 2. The monoisotopic (exact) mass is 432 g/mol. The normalized spacial score (nSPS) is 11.1. The molecule has 4 rings (SSSR count). The second-order valence-electron chi connectivity index (χ2n) is 7.07. The average molecular weight is 433 g/mol. The summed E-state index contributed by atoms with van der Waals surface area (Å²) >= 11 is 3.50. The third-order valence-corrected chi connectivity index (χ3v) is 5.20. The molecule has 3 aromatic carbocycles. The minimum Gasteiger partial charge on any atom is -0.368 e. The molecule has 0 saturated carbocycles. The Balaban J connectivity index is 1.78. The summed E-state index contributed by atoms with van der Waals surface area (Å²) in [7, 11) is 0. The van der Waals surface area contributed by atoms with E-state index >= 15 is 0 Å². The van der Waals surface area contributed by atoms with Crippen LogP contribution < -0.4 is 11.1 Å². The molecule has 0 amide bonds. The fraction of sp³-hybridized carbons (Fsp3) is 0.130. The van der Waals surface area contributed by atoms with Crippen molar-refractivity contribution in [3.63, 3.8) is 0 Å². The lowest BCUT2D eigenvalue weighted by molar-refractivity contribution is 0.867. The highest BCUT2D eigenvalue weighted by molar-refractivity contribution is 9.10. The topological polar surface area (TPSA) is 63.8 Å². The summed E-state index contributed by atoms with van der Waals surface area (Å²) in [5.41, 5.74) is 11.3. The van der Waals surface area contributed by atoms with E-state index in [9.17, 15) is 0 Å². The molecule has 0 fully saturated rings. The molecule has 0 aliphatic rings. The second-order valence-corrected chi connectivity index (χ2v) is 7.99. The zero-order valence-corrected chi connectivity index (χ0v) is 17.4. The molecule has 5 heteroatoms. The van der Waals surface area contributed by atoms with Crippen LogP contribution in [0.3, 0.4) is 0 Å². The van der Waals surface area contributed by atoms with Gasteiger partial charge in [-0.05, 0) is 52.9 Å². The Labute approximate surface area is 173 Å². The molecule has 0 aliphatic carbocycles. The molecule has 3 N–H and O–H groups in total. The van der Waals surface area contributed by atoms with Gasteiger partial charge in [-0.1, -0.05) is 66.2 Å². The van der Waals surface area contributed by atoms with Crippen LogP contribution in [0.4, 0.5) is 17.5 Å². The minimum atomic E-state index is 0.249. The van der Waals surface area contributed by atoms with Crippen LogP contribution in [0.5, 0.6) is 0 Å². The van der Waals surface area contributed by atoms with Crippen molar-refractivity contribution in [2.24, 2.45) is 0 Å². The molecule has 0 spiro atoms. The molecule has 4 nitrogen and oxygen atoms in total. The first-order valence-corrected chi connectivity index (χ1v) is 9.99. The molecule has 28 heavy (non-hydrogen) atoms. The van der Waals surface area contributed by atoms with Gasteiger partial charge in [-0.25, -0.2) is 4.98 Å².